The van der Waals surface area contributed by atoms with E-state index in [0.29, 0.717) is 33.0 Å². The molecule has 0 atom stereocenters. The van der Waals surface area contributed by atoms with E-state index in [9.17, 15) is 0 Å². The van der Waals surface area contributed by atoms with Gasteiger partial charge in [0.15, 0.2) is 0 Å². The average Bonchev–Trinajstić information content (AvgIpc) is 2.92. The Morgan fingerprint density at radius 3 is 2.52 bits per heavy atom. The van der Waals surface area contributed by atoms with E-state index in [1.807, 2.05) is 18.2 Å². The van der Waals surface area contributed by atoms with E-state index in [2.05, 4.69) is 30.0 Å². The molecule has 1 aliphatic rings. The summed E-state index contributed by atoms with van der Waals surface area (Å²) >= 11 is 22.8. The highest BCUT2D eigenvalue weighted by Gasteiger charge is 2.18. The molecule has 1 aliphatic heterocycles. The third-order valence-corrected chi connectivity index (χ3v) is 5.23. The molecule has 3 rings (SSSR count). The van der Waals surface area contributed by atoms with Crippen LogP contribution in [0.3, 0.4) is 0 Å². The van der Waals surface area contributed by atoms with Crippen molar-refractivity contribution < 1.29 is 0 Å². The topological polar surface area (TPSA) is 36.8 Å². The van der Waals surface area contributed by atoms with Crippen molar-refractivity contribution in [2.75, 3.05) is 5.32 Å². The van der Waals surface area contributed by atoms with Crippen LogP contribution in [0, 0.1) is 0 Å². The number of benzene rings is 2. The molecule has 8 heteroatoms. The highest BCUT2D eigenvalue weighted by molar-refractivity contribution is 9.10. The molecule has 21 heavy (non-hydrogen) atoms. The van der Waals surface area contributed by atoms with Gasteiger partial charge in [-0.15, -0.1) is 0 Å². The lowest BCUT2D eigenvalue weighted by atomic mass is 10.2. The largest absolute Gasteiger partial charge is 0.378 e. The van der Waals surface area contributed by atoms with Gasteiger partial charge < -0.3 is 5.32 Å². The number of fused-ring (bicyclic) bond motifs is 1. The fourth-order valence-electron chi connectivity index (χ4n) is 1.88. The maximum Gasteiger partial charge on any atom is 0.130 e. The Balaban J connectivity index is 1.88. The maximum absolute atomic E-state index is 6.25. The first-order valence-electron chi connectivity index (χ1n) is 5.84. The van der Waals surface area contributed by atoms with E-state index >= 15 is 0 Å². The van der Waals surface area contributed by atoms with Crippen LogP contribution in [0.2, 0.25) is 15.1 Å². The van der Waals surface area contributed by atoms with Crippen molar-refractivity contribution >= 4 is 79.1 Å². The van der Waals surface area contributed by atoms with Gasteiger partial charge in [-0.1, -0.05) is 40.9 Å². The van der Waals surface area contributed by atoms with Crippen molar-refractivity contribution in [2.45, 2.75) is 6.54 Å². The molecule has 0 unspecified atom stereocenters. The quantitative estimate of drug-likeness (QED) is 0.497. The van der Waals surface area contributed by atoms with Crippen LogP contribution in [-0.2, 0) is 17.9 Å². The molecule has 108 valence electrons. The zero-order chi connectivity index (χ0) is 15.0. The number of rotatable bonds is 3. The second-order valence-electron chi connectivity index (χ2n) is 4.28. The van der Waals surface area contributed by atoms with Crippen LogP contribution in [0.1, 0.15) is 5.56 Å². The minimum Gasteiger partial charge on any atom is -0.378 e. The Morgan fingerprint density at radius 2 is 1.76 bits per heavy atom. The van der Waals surface area contributed by atoms with Gasteiger partial charge >= 0.3 is 0 Å². The number of hydrogen-bond acceptors (Lipinski definition) is 3. The molecular weight excluding hydrogens is 416 g/mol. The number of halogens is 4. The number of hydrogen-bond donors (Lipinski definition) is 1. The molecule has 1 heterocycles. The van der Waals surface area contributed by atoms with E-state index < -0.39 is 0 Å². The van der Waals surface area contributed by atoms with Crippen LogP contribution in [0.25, 0.3) is 0 Å². The molecule has 0 aliphatic carbocycles. The zero-order valence-corrected chi connectivity index (χ0v) is 15.0. The van der Waals surface area contributed by atoms with Gasteiger partial charge in [-0.05, 0) is 39.7 Å². The lowest BCUT2D eigenvalue weighted by molar-refractivity contribution is 1.15. The Hall–Kier alpha value is -0.590. The summed E-state index contributed by atoms with van der Waals surface area (Å²) in [5.41, 5.74) is 3.14. The lowest BCUT2D eigenvalue weighted by Gasteiger charge is -2.12. The van der Waals surface area contributed by atoms with Gasteiger partial charge in [-0.2, -0.15) is 8.73 Å². The molecule has 0 saturated carbocycles. The zero-order valence-electron chi connectivity index (χ0n) is 10.3. The van der Waals surface area contributed by atoms with Gasteiger partial charge in [0.1, 0.15) is 11.4 Å². The van der Waals surface area contributed by atoms with Crippen molar-refractivity contribution in [3.8, 4) is 0 Å². The van der Waals surface area contributed by atoms with Gasteiger partial charge in [0.05, 0.1) is 32.1 Å². The molecule has 1 N–H and O–H groups in total. The van der Waals surface area contributed by atoms with Crippen molar-refractivity contribution in [2.24, 2.45) is 8.73 Å². The minimum atomic E-state index is 0.503. The Morgan fingerprint density at radius 1 is 1.00 bits per heavy atom. The highest BCUT2D eigenvalue weighted by atomic mass is 79.9. The summed E-state index contributed by atoms with van der Waals surface area (Å²) in [6.45, 7) is 0.587. The molecule has 3 nitrogen and oxygen atoms in total. The average molecular weight is 424 g/mol. The number of nitrogens with zero attached hydrogens (tertiary/aromatic N) is 2. The molecule has 0 aromatic heterocycles. The smallest absolute Gasteiger partial charge is 0.130 e. The Bertz CT molecular complexity index is 804. The molecular formula is C13H7BrCl3N3S. The predicted molar refractivity (Wildman–Crippen MR) is 94.5 cm³/mol. The molecule has 0 amide bonds. The molecule has 0 saturated heterocycles. The highest BCUT2D eigenvalue weighted by Crippen LogP contribution is 2.47. The molecule has 2 aromatic carbocycles. The first kappa shape index (κ1) is 15.3. The predicted octanol–water partition coefficient (Wildman–Crippen LogP) is 6.75. The van der Waals surface area contributed by atoms with Gasteiger partial charge in [0.25, 0.3) is 0 Å². The monoisotopic (exact) mass is 421 g/mol. The van der Waals surface area contributed by atoms with E-state index in [0.717, 1.165) is 27.1 Å². The van der Waals surface area contributed by atoms with E-state index in [4.69, 9.17) is 34.8 Å². The summed E-state index contributed by atoms with van der Waals surface area (Å²) in [5, 5.41) is 4.98. The van der Waals surface area contributed by atoms with Crippen LogP contribution in [0.5, 0.6) is 0 Å². The summed E-state index contributed by atoms with van der Waals surface area (Å²) in [5.74, 6) is 0. The summed E-state index contributed by atoms with van der Waals surface area (Å²) < 4.78 is 9.28. The van der Waals surface area contributed by atoms with Gasteiger partial charge in [0.2, 0.25) is 0 Å². The second-order valence-corrected chi connectivity index (χ2v) is 6.88. The van der Waals surface area contributed by atoms with Crippen LogP contribution in [-0.4, -0.2) is 0 Å². The third kappa shape index (κ3) is 3.12. The van der Waals surface area contributed by atoms with Crippen molar-refractivity contribution in [3.63, 3.8) is 0 Å². The number of anilines is 1. The van der Waals surface area contributed by atoms with Crippen LogP contribution in [0.4, 0.5) is 17.1 Å². The summed E-state index contributed by atoms with van der Waals surface area (Å²) in [6, 6.07) is 7.41. The summed E-state index contributed by atoms with van der Waals surface area (Å²) in [7, 11) is 0. The Kier molecular flexibility index (Phi) is 4.57. The molecule has 0 radical (unpaired) electrons. The van der Waals surface area contributed by atoms with Gasteiger partial charge in [0, 0.05) is 11.0 Å². The SMILES string of the molecule is Clc1ccc(CNc2c(Cl)cc(Cl)c3c2N=S=N3)cc1Br. The molecule has 0 bridgehead atoms. The van der Waals surface area contributed by atoms with Crippen molar-refractivity contribution in [1.82, 2.24) is 0 Å². The van der Waals surface area contributed by atoms with Gasteiger partial charge in [-0.3, -0.25) is 0 Å². The normalized spacial score (nSPS) is 12.2. The molecule has 0 fully saturated rings. The van der Waals surface area contributed by atoms with E-state index in [1.54, 1.807) is 6.07 Å². The van der Waals surface area contributed by atoms with Crippen LogP contribution < -0.4 is 5.32 Å². The van der Waals surface area contributed by atoms with Crippen molar-refractivity contribution in [3.05, 3.63) is 49.4 Å². The fourth-order valence-corrected chi connectivity index (χ4v) is 3.61. The third-order valence-electron chi connectivity index (χ3n) is 2.90. The van der Waals surface area contributed by atoms with Gasteiger partial charge in [-0.25, -0.2) is 0 Å². The van der Waals surface area contributed by atoms with Crippen molar-refractivity contribution in [1.29, 1.82) is 0 Å². The second kappa shape index (κ2) is 6.26. The minimum absolute atomic E-state index is 0.503. The fraction of sp³-hybridized carbons (Fsp3) is 0.0769. The lowest BCUT2D eigenvalue weighted by Crippen LogP contribution is -2.00. The van der Waals surface area contributed by atoms with Crippen LogP contribution >= 0.6 is 50.7 Å². The maximum atomic E-state index is 6.25. The molecule has 0 spiro atoms. The first-order valence-corrected chi connectivity index (χ1v) is 8.50. The molecule has 2 aromatic rings. The summed E-state index contributed by atoms with van der Waals surface area (Å²) in [4.78, 5) is 0. The standard InChI is InChI=1S/C13H7BrCl3N3S/c14-7-3-6(1-2-8(7)15)5-18-11-9(16)4-10(17)12-13(11)20-21-19-12/h1-4,18H,5H2. The first-order chi connectivity index (χ1) is 10.1. The van der Waals surface area contributed by atoms with Crippen LogP contribution in [0.15, 0.2) is 37.5 Å². The van der Waals surface area contributed by atoms with E-state index in [1.165, 1.54) is 0 Å². The summed E-state index contributed by atoms with van der Waals surface area (Å²) in [6.07, 6.45) is 0. The van der Waals surface area contributed by atoms with E-state index in [-0.39, 0.29) is 0 Å². The number of nitrogens with one attached hydrogen (secondary N) is 1. The Labute approximate surface area is 148 Å².